The molecule has 28 heavy (non-hydrogen) atoms. The molecule has 0 amide bonds. The van der Waals surface area contributed by atoms with E-state index in [1.165, 1.54) is 37.1 Å². The fraction of sp³-hybridized carbons (Fsp3) is 0.478. The molecule has 0 saturated carbocycles. The highest BCUT2D eigenvalue weighted by Gasteiger charge is 2.53. The first-order chi connectivity index (χ1) is 13.8. The molecule has 5 heterocycles. The molecule has 1 N–H and O–H groups in total. The van der Waals surface area contributed by atoms with Crippen LogP contribution in [0.3, 0.4) is 0 Å². The molecule has 0 spiro atoms. The molecule has 5 heteroatoms. The average molecular weight is 378 g/mol. The number of phenols is 1. The van der Waals surface area contributed by atoms with Gasteiger partial charge in [-0.3, -0.25) is 9.80 Å². The number of piperidine rings is 3. The van der Waals surface area contributed by atoms with Crippen molar-refractivity contribution in [2.45, 2.75) is 37.4 Å². The summed E-state index contributed by atoms with van der Waals surface area (Å²) in [5.41, 5.74) is 2.56. The Kier molecular flexibility index (Phi) is 3.81. The normalized spacial score (nSPS) is 33.2. The van der Waals surface area contributed by atoms with Crippen LogP contribution in [0.1, 0.15) is 29.9 Å². The Bertz CT molecular complexity index is 893. The fourth-order valence-corrected chi connectivity index (χ4v) is 6.05. The molecule has 4 fully saturated rings. The van der Waals surface area contributed by atoms with Crippen molar-refractivity contribution >= 4 is 0 Å². The topological polar surface area (TPSA) is 45.2 Å². The molecule has 3 atom stereocenters. The third kappa shape index (κ3) is 2.60. The highest BCUT2D eigenvalue weighted by molar-refractivity contribution is 5.46. The first kappa shape index (κ1) is 16.7. The monoisotopic (exact) mass is 378 g/mol. The van der Waals surface area contributed by atoms with E-state index >= 15 is 0 Å². The summed E-state index contributed by atoms with van der Waals surface area (Å²) in [6.45, 7) is 4.74. The van der Waals surface area contributed by atoms with Gasteiger partial charge in [-0.25, -0.2) is 0 Å². The van der Waals surface area contributed by atoms with Gasteiger partial charge in [-0.05, 0) is 67.2 Å². The minimum Gasteiger partial charge on any atom is -0.508 e. The van der Waals surface area contributed by atoms with E-state index in [0.29, 0.717) is 30.5 Å². The highest BCUT2D eigenvalue weighted by Crippen LogP contribution is 2.48. The summed E-state index contributed by atoms with van der Waals surface area (Å²) in [7, 11) is 0. The maximum absolute atomic E-state index is 9.89. The van der Waals surface area contributed by atoms with Gasteiger partial charge in [-0.2, -0.15) is 0 Å². The predicted octanol–water partition coefficient (Wildman–Crippen LogP) is 3.18. The Hall–Kier alpha value is -2.24. The molecule has 5 nitrogen and oxygen atoms in total. The van der Waals surface area contributed by atoms with Gasteiger partial charge in [0.2, 0.25) is 6.79 Å². The van der Waals surface area contributed by atoms with E-state index < -0.39 is 0 Å². The summed E-state index contributed by atoms with van der Waals surface area (Å²) in [5.74, 6) is 3.37. The zero-order chi connectivity index (χ0) is 18.7. The smallest absolute Gasteiger partial charge is 0.231 e. The van der Waals surface area contributed by atoms with Crippen molar-refractivity contribution in [3.05, 3.63) is 53.6 Å². The molecule has 0 aromatic heterocycles. The lowest BCUT2D eigenvalue weighted by Gasteiger charge is -2.51. The van der Waals surface area contributed by atoms with E-state index in [-0.39, 0.29) is 0 Å². The van der Waals surface area contributed by atoms with E-state index in [1.54, 1.807) is 6.07 Å². The Morgan fingerprint density at radius 1 is 0.964 bits per heavy atom. The number of nitrogens with zero attached hydrogens (tertiary/aromatic N) is 2. The van der Waals surface area contributed by atoms with Crippen molar-refractivity contribution in [3.8, 4) is 17.2 Å². The third-order valence-electron chi connectivity index (χ3n) is 7.21. The van der Waals surface area contributed by atoms with Crippen LogP contribution in [-0.4, -0.2) is 53.4 Å². The summed E-state index contributed by atoms with van der Waals surface area (Å²) in [6.07, 6.45) is 2.62. The SMILES string of the molecule is Oc1cccc(CN2C[C@@H](c3ccc4c(c3)OCO4)[C@@H]3[C@H]2C2CCN3CC2)c1. The summed E-state index contributed by atoms with van der Waals surface area (Å²) in [6, 6.07) is 15.4. The molecule has 0 radical (unpaired) electrons. The lowest BCUT2D eigenvalue weighted by atomic mass is 9.75. The molecule has 2 aromatic rings. The van der Waals surface area contributed by atoms with Gasteiger partial charge in [0, 0.05) is 31.1 Å². The molecule has 7 rings (SSSR count). The third-order valence-corrected chi connectivity index (χ3v) is 7.21. The van der Waals surface area contributed by atoms with Crippen LogP contribution in [-0.2, 0) is 6.54 Å². The lowest BCUT2D eigenvalue weighted by molar-refractivity contribution is -0.00870. The maximum atomic E-state index is 9.89. The molecule has 5 aliphatic rings. The largest absolute Gasteiger partial charge is 0.508 e. The molecule has 5 aliphatic heterocycles. The lowest BCUT2D eigenvalue weighted by Crippen LogP contribution is -2.59. The number of aromatic hydroxyl groups is 1. The molecule has 4 saturated heterocycles. The molecular formula is C23H26N2O3. The van der Waals surface area contributed by atoms with Crippen molar-refractivity contribution in [2.75, 3.05) is 26.4 Å². The standard InChI is InChI=1S/C23H26N2O3/c26-18-3-1-2-15(10-18)12-25-13-19(17-4-5-20-21(11-17)28-14-27-20)23-22(25)16-6-8-24(23)9-7-16/h1-5,10-11,16,19,22-23,26H,6-9,12-14H2/t19-,22+,23+/m0/s1. The van der Waals surface area contributed by atoms with Crippen LogP contribution in [0.2, 0.25) is 0 Å². The molecule has 2 bridgehead atoms. The predicted molar refractivity (Wildman–Crippen MR) is 106 cm³/mol. The van der Waals surface area contributed by atoms with Crippen LogP contribution in [0, 0.1) is 5.92 Å². The van der Waals surface area contributed by atoms with E-state index in [9.17, 15) is 5.11 Å². The van der Waals surface area contributed by atoms with Gasteiger partial charge in [0.05, 0.1) is 0 Å². The number of fused-ring (bicyclic) bond motifs is 3. The van der Waals surface area contributed by atoms with Crippen LogP contribution in [0.25, 0.3) is 0 Å². The van der Waals surface area contributed by atoms with Gasteiger partial charge in [0.15, 0.2) is 11.5 Å². The summed E-state index contributed by atoms with van der Waals surface area (Å²) in [5, 5.41) is 9.89. The maximum Gasteiger partial charge on any atom is 0.231 e. The average Bonchev–Trinajstić information content (AvgIpc) is 3.34. The Labute approximate surface area is 165 Å². The van der Waals surface area contributed by atoms with Crippen molar-refractivity contribution in [1.29, 1.82) is 0 Å². The second-order valence-corrected chi connectivity index (χ2v) is 8.67. The minimum atomic E-state index is 0.327. The van der Waals surface area contributed by atoms with Crippen LogP contribution in [0.5, 0.6) is 17.2 Å². The zero-order valence-corrected chi connectivity index (χ0v) is 16.0. The summed E-state index contributed by atoms with van der Waals surface area (Å²) in [4.78, 5) is 5.40. The number of hydrogen-bond donors (Lipinski definition) is 1. The Morgan fingerprint density at radius 3 is 2.68 bits per heavy atom. The second-order valence-electron chi connectivity index (χ2n) is 8.67. The number of phenolic OH excluding ortho intramolecular Hbond substituents is 1. The molecule has 2 aromatic carbocycles. The van der Waals surface area contributed by atoms with Crippen LogP contribution in [0.15, 0.2) is 42.5 Å². The Balaban J connectivity index is 1.34. The molecule has 146 valence electrons. The number of likely N-dealkylation sites (tertiary alicyclic amines) is 1. The van der Waals surface area contributed by atoms with E-state index in [4.69, 9.17) is 9.47 Å². The van der Waals surface area contributed by atoms with Gasteiger partial charge in [0.25, 0.3) is 0 Å². The van der Waals surface area contributed by atoms with E-state index in [0.717, 1.165) is 30.5 Å². The molecular weight excluding hydrogens is 352 g/mol. The van der Waals surface area contributed by atoms with Crippen molar-refractivity contribution in [3.63, 3.8) is 0 Å². The zero-order valence-electron chi connectivity index (χ0n) is 16.0. The second kappa shape index (κ2) is 6.39. The molecule has 0 unspecified atom stereocenters. The highest BCUT2D eigenvalue weighted by atomic mass is 16.7. The van der Waals surface area contributed by atoms with Crippen molar-refractivity contribution < 1.29 is 14.6 Å². The summed E-state index contributed by atoms with van der Waals surface area (Å²) >= 11 is 0. The quantitative estimate of drug-likeness (QED) is 0.889. The first-order valence-electron chi connectivity index (χ1n) is 10.4. The first-order valence-corrected chi connectivity index (χ1v) is 10.4. The number of benzene rings is 2. The minimum absolute atomic E-state index is 0.327. The van der Waals surface area contributed by atoms with Gasteiger partial charge >= 0.3 is 0 Å². The number of ether oxygens (including phenoxy) is 2. The van der Waals surface area contributed by atoms with Gasteiger partial charge in [-0.1, -0.05) is 18.2 Å². The van der Waals surface area contributed by atoms with Crippen molar-refractivity contribution in [1.82, 2.24) is 9.80 Å². The number of hydrogen-bond acceptors (Lipinski definition) is 5. The summed E-state index contributed by atoms with van der Waals surface area (Å²) < 4.78 is 11.2. The van der Waals surface area contributed by atoms with Crippen LogP contribution in [0.4, 0.5) is 0 Å². The molecule has 0 aliphatic carbocycles. The Morgan fingerprint density at radius 2 is 1.82 bits per heavy atom. The van der Waals surface area contributed by atoms with Crippen LogP contribution >= 0.6 is 0 Å². The van der Waals surface area contributed by atoms with E-state index in [2.05, 4.69) is 34.1 Å². The van der Waals surface area contributed by atoms with Crippen molar-refractivity contribution in [2.24, 2.45) is 5.92 Å². The number of rotatable bonds is 3. The van der Waals surface area contributed by atoms with Crippen LogP contribution < -0.4 is 9.47 Å². The van der Waals surface area contributed by atoms with E-state index in [1.807, 2.05) is 12.1 Å². The van der Waals surface area contributed by atoms with Gasteiger partial charge in [-0.15, -0.1) is 0 Å². The van der Waals surface area contributed by atoms with Gasteiger partial charge < -0.3 is 14.6 Å². The van der Waals surface area contributed by atoms with Gasteiger partial charge in [0.1, 0.15) is 5.75 Å². The fourth-order valence-electron chi connectivity index (χ4n) is 6.05.